The highest BCUT2D eigenvalue weighted by Gasteiger charge is 2.19. The zero-order chi connectivity index (χ0) is 26.6. The first-order chi connectivity index (χ1) is 18.5. The highest BCUT2D eigenvalue weighted by Crippen LogP contribution is 2.31. The van der Waals surface area contributed by atoms with Crippen molar-refractivity contribution in [3.8, 4) is 28.2 Å². The van der Waals surface area contributed by atoms with Crippen molar-refractivity contribution < 1.29 is 0 Å². The van der Waals surface area contributed by atoms with Crippen LogP contribution in [0.15, 0.2) is 76.3 Å². The fourth-order valence-electron chi connectivity index (χ4n) is 4.71. The van der Waals surface area contributed by atoms with Crippen LogP contribution in [0.2, 0.25) is 0 Å². The molecule has 0 aliphatic heterocycles. The number of nitrogens with zero attached hydrogens (tertiary/aromatic N) is 6. The summed E-state index contributed by atoms with van der Waals surface area (Å²) in [6.07, 6.45) is 6.73. The number of aromatic nitrogens is 7. The molecule has 8 nitrogen and oxygen atoms in total. The van der Waals surface area contributed by atoms with Gasteiger partial charge in [-0.15, -0.1) is 10.2 Å². The lowest BCUT2D eigenvalue weighted by atomic mass is 10.0. The van der Waals surface area contributed by atoms with E-state index >= 15 is 0 Å². The van der Waals surface area contributed by atoms with E-state index in [0.717, 1.165) is 63.1 Å². The minimum Gasteiger partial charge on any atom is -0.290 e. The molecule has 0 atom stereocenters. The van der Waals surface area contributed by atoms with E-state index in [2.05, 4.69) is 63.4 Å². The van der Waals surface area contributed by atoms with Crippen LogP contribution in [0.25, 0.3) is 28.2 Å². The molecule has 3 aromatic heterocycles. The van der Waals surface area contributed by atoms with Gasteiger partial charge in [-0.2, -0.15) is 5.21 Å². The first-order valence-corrected chi connectivity index (χ1v) is 13.6. The average Bonchev–Trinajstić information content (AvgIpc) is 3.57. The van der Waals surface area contributed by atoms with Gasteiger partial charge in [0.15, 0.2) is 0 Å². The smallest absolute Gasteiger partial charge is 0.290 e. The summed E-state index contributed by atoms with van der Waals surface area (Å²) in [5.41, 5.74) is 6.60. The van der Waals surface area contributed by atoms with Crippen LogP contribution in [0.4, 0.5) is 0 Å². The third-order valence-corrected chi connectivity index (χ3v) is 7.34. The second-order valence-electron chi connectivity index (χ2n) is 9.61. The number of halogens is 1. The van der Waals surface area contributed by atoms with Gasteiger partial charge in [0, 0.05) is 33.7 Å². The number of aromatic amines is 1. The van der Waals surface area contributed by atoms with Gasteiger partial charge in [0.25, 0.3) is 0 Å². The number of unbranched alkanes of at least 4 members (excludes halogenated alkanes) is 1. The Balaban J connectivity index is 1.51. The molecule has 38 heavy (non-hydrogen) atoms. The summed E-state index contributed by atoms with van der Waals surface area (Å²) in [6, 6.07) is 18.0. The summed E-state index contributed by atoms with van der Waals surface area (Å²) in [7, 11) is 0. The number of tetrazole rings is 1. The predicted octanol–water partition coefficient (Wildman–Crippen LogP) is 6.16. The van der Waals surface area contributed by atoms with E-state index in [9.17, 15) is 4.79 Å². The lowest BCUT2D eigenvalue weighted by Gasteiger charge is -2.14. The number of nitrogens with one attached hydrogen (secondary N) is 1. The van der Waals surface area contributed by atoms with Crippen LogP contribution in [0.5, 0.6) is 0 Å². The molecule has 0 radical (unpaired) electrons. The van der Waals surface area contributed by atoms with Crippen molar-refractivity contribution in [1.82, 2.24) is 34.7 Å². The van der Waals surface area contributed by atoms with Gasteiger partial charge < -0.3 is 0 Å². The highest BCUT2D eigenvalue weighted by atomic mass is 79.9. The van der Waals surface area contributed by atoms with Gasteiger partial charge in [0.2, 0.25) is 5.82 Å². The summed E-state index contributed by atoms with van der Waals surface area (Å²) in [5, 5.41) is 14.5. The van der Waals surface area contributed by atoms with Crippen LogP contribution in [-0.2, 0) is 13.0 Å². The van der Waals surface area contributed by atoms with Crippen molar-refractivity contribution in [3.05, 3.63) is 98.9 Å². The van der Waals surface area contributed by atoms with Crippen LogP contribution < -0.4 is 5.69 Å². The SMILES string of the molecule is CCCCc1cn(-c2c(Br)cccc2C(C)C)c(=O)n1Cc1ccc(-c2ccccc2-c2nn[nH]n2)cn1. The molecule has 9 heteroatoms. The number of hydrogen-bond acceptors (Lipinski definition) is 5. The van der Waals surface area contributed by atoms with E-state index in [1.165, 1.54) is 0 Å². The Morgan fingerprint density at radius 2 is 1.84 bits per heavy atom. The second kappa shape index (κ2) is 11.3. The number of H-pyrrole nitrogens is 1. The molecule has 2 aromatic carbocycles. The van der Waals surface area contributed by atoms with Gasteiger partial charge in [-0.1, -0.05) is 69.7 Å². The molecule has 194 valence electrons. The van der Waals surface area contributed by atoms with Crippen molar-refractivity contribution in [2.24, 2.45) is 0 Å². The minimum absolute atomic E-state index is 0.0572. The lowest BCUT2D eigenvalue weighted by molar-refractivity contribution is 0.663. The molecule has 0 aliphatic rings. The molecule has 5 rings (SSSR count). The fraction of sp³-hybridized carbons (Fsp3) is 0.276. The topological polar surface area (TPSA) is 94.3 Å². The summed E-state index contributed by atoms with van der Waals surface area (Å²) in [5.74, 6) is 0.812. The maximum Gasteiger partial charge on any atom is 0.333 e. The molecule has 1 N–H and O–H groups in total. The summed E-state index contributed by atoms with van der Waals surface area (Å²) in [6.45, 7) is 6.86. The highest BCUT2D eigenvalue weighted by molar-refractivity contribution is 9.10. The minimum atomic E-state index is -0.0572. The fourth-order valence-corrected chi connectivity index (χ4v) is 5.28. The Hall–Kier alpha value is -3.85. The van der Waals surface area contributed by atoms with E-state index in [4.69, 9.17) is 4.98 Å². The van der Waals surface area contributed by atoms with Gasteiger partial charge in [-0.05, 0) is 63.2 Å². The van der Waals surface area contributed by atoms with Crippen molar-refractivity contribution in [3.63, 3.8) is 0 Å². The standard InChI is InChI=1S/C29H30BrN7O/c1-4-5-9-22-18-37(27-23(19(2)3)12-8-13-26(27)30)29(38)36(22)17-21-15-14-20(16-31-21)24-10-6-7-11-25(24)28-32-34-35-33-28/h6-8,10-16,18-19H,4-5,9,17H2,1-3H3,(H,32,33,34,35). The summed E-state index contributed by atoms with van der Waals surface area (Å²) < 4.78 is 4.56. The molecule has 3 heterocycles. The van der Waals surface area contributed by atoms with Crippen LogP contribution >= 0.6 is 15.9 Å². The maximum absolute atomic E-state index is 13.8. The third-order valence-electron chi connectivity index (χ3n) is 6.70. The van der Waals surface area contributed by atoms with Gasteiger partial charge in [0.05, 0.1) is 17.9 Å². The van der Waals surface area contributed by atoms with E-state index in [1.54, 1.807) is 4.57 Å². The van der Waals surface area contributed by atoms with Crippen molar-refractivity contribution in [1.29, 1.82) is 0 Å². The summed E-state index contributed by atoms with van der Waals surface area (Å²) >= 11 is 3.69. The van der Waals surface area contributed by atoms with Gasteiger partial charge in [0.1, 0.15) is 0 Å². The number of aryl methyl sites for hydroxylation is 1. The molecule has 0 saturated heterocycles. The number of pyridine rings is 1. The molecular formula is C29H30BrN7O. The molecule has 0 bridgehead atoms. The second-order valence-corrected chi connectivity index (χ2v) is 10.5. The predicted molar refractivity (Wildman–Crippen MR) is 152 cm³/mol. The molecule has 5 aromatic rings. The normalized spacial score (nSPS) is 11.4. The average molecular weight is 573 g/mol. The van der Waals surface area contributed by atoms with Crippen molar-refractivity contribution >= 4 is 15.9 Å². The third kappa shape index (κ3) is 5.11. The lowest BCUT2D eigenvalue weighted by Crippen LogP contribution is -2.26. The van der Waals surface area contributed by atoms with E-state index in [0.29, 0.717) is 12.4 Å². The molecule has 0 fully saturated rings. The van der Waals surface area contributed by atoms with Crippen LogP contribution in [0, 0.1) is 0 Å². The van der Waals surface area contributed by atoms with E-state index in [1.807, 2.05) is 65.5 Å². The van der Waals surface area contributed by atoms with Crippen molar-refractivity contribution in [2.75, 3.05) is 0 Å². The zero-order valence-corrected chi connectivity index (χ0v) is 23.3. The molecule has 0 spiro atoms. The maximum atomic E-state index is 13.8. The Bertz CT molecular complexity index is 1580. The quantitative estimate of drug-likeness (QED) is 0.228. The van der Waals surface area contributed by atoms with Crippen LogP contribution in [-0.4, -0.2) is 34.7 Å². The van der Waals surface area contributed by atoms with E-state index < -0.39 is 0 Å². The van der Waals surface area contributed by atoms with Gasteiger partial charge in [-0.25, -0.2) is 4.79 Å². The number of benzene rings is 2. The Kier molecular flexibility index (Phi) is 7.64. The van der Waals surface area contributed by atoms with Gasteiger partial charge >= 0.3 is 5.69 Å². The number of imidazole rings is 1. The van der Waals surface area contributed by atoms with Crippen LogP contribution in [0.1, 0.15) is 56.5 Å². The molecule has 0 saturated carbocycles. The molecule has 0 aliphatic carbocycles. The number of rotatable bonds is 9. The monoisotopic (exact) mass is 571 g/mol. The molecule has 0 amide bonds. The number of para-hydroxylation sites is 1. The largest absolute Gasteiger partial charge is 0.333 e. The first kappa shape index (κ1) is 25.8. The van der Waals surface area contributed by atoms with E-state index in [-0.39, 0.29) is 11.6 Å². The molecular weight excluding hydrogens is 542 g/mol. The Morgan fingerprint density at radius 3 is 2.53 bits per heavy atom. The first-order valence-electron chi connectivity index (χ1n) is 12.9. The number of hydrogen-bond donors (Lipinski definition) is 1. The zero-order valence-electron chi connectivity index (χ0n) is 21.7. The molecule has 0 unspecified atom stereocenters. The van der Waals surface area contributed by atoms with Gasteiger partial charge in [-0.3, -0.25) is 14.1 Å². The summed E-state index contributed by atoms with van der Waals surface area (Å²) in [4.78, 5) is 18.5. The Labute approximate surface area is 229 Å². The van der Waals surface area contributed by atoms with Crippen molar-refractivity contribution in [2.45, 2.75) is 52.5 Å². The van der Waals surface area contributed by atoms with Crippen LogP contribution in [0.3, 0.4) is 0 Å². The Morgan fingerprint density at radius 1 is 1.03 bits per heavy atom.